The van der Waals surface area contributed by atoms with E-state index < -0.39 is 20.0 Å². The fourth-order valence-electron chi connectivity index (χ4n) is 3.78. The normalized spacial score (nSPS) is 15.3. The van der Waals surface area contributed by atoms with Crippen molar-refractivity contribution in [2.75, 3.05) is 19.6 Å². The minimum atomic E-state index is -3.95. The summed E-state index contributed by atoms with van der Waals surface area (Å²) in [5, 5.41) is 0. The fraction of sp³-hybridized carbons (Fsp3) is 0.304. The lowest BCUT2D eigenvalue weighted by Gasteiger charge is -2.22. The van der Waals surface area contributed by atoms with Crippen LogP contribution in [0.5, 0.6) is 0 Å². The molecule has 0 unspecified atom stereocenters. The van der Waals surface area contributed by atoms with Gasteiger partial charge in [-0.2, -0.15) is 8.61 Å². The van der Waals surface area contributed by atoms with Crippen LogP contribution in [0.25, 0.3) is 0 Å². The van der Waals surface area contributed by atoms with Crippen molar-refractivity contribution in [1.82, 2.24) is 8.61 Å². The van der Waals surface area contributed by atoms with Gasteiger partial charge in [-0.3, -0.25) is 0 Å². The Morgan fingerprint density at radius 3 is 2.12 bits per heavy atom. The standard InChI is InChI=1S/C23H25FN2O5S2/c24-20-7-5-19(6-8-20)13-16-26(18-21-4-3-17-31-21)33(29,30)23-11-9-22(10-12-23)32(27,28)25-14-1-2-15-25/h3-12,17H,1-2,13-16,18H2. The number of hydrogen-bond donors (Lipinski definition) is 0. The predicted molar refractivity (Wildman–Crippen MR) is 121 cm³/mol. The second-order valence-corrected chi connectivity index (χ2v) is 11.8. The van der Waals surface area contributed by atoms with Gasteiger partial charge in [-0.1, -0.05) is 12.1 Å². The molecule has 33 heavy (non-hydrogen) atoms. The van der Waals surface area contributed by atoms with E-state index >= 15 is 0 Å². The van der Waals surface area contributed by atoms with Crippen molar-refractivity contribution in [3.8, 4) is 0 Å². The molecule has 176 valence electrons. The van der Waals surface area contributed by atoms with E-state index in [0.717, 1.165) is 18.4 Å². The van der Waals surface area contributed by atoms with E-state index in [1.165, 1.54) is 51.3 Å². The summed E-state index contributed by atoms with van der Waals surface area (Å²) in [6.07, 6.45) is 3.49. The second kappa shape index (κ2) is 9.76. The smallest absolute Gasteiger partial charge is 0.243 e. The second-order valence-electron chi connectivity index (χ2n) is 7.88. The summed E-state index contributed by atoms with van der Waals surface area (Å²) in [6.45, 7) is 1.11. The van der Waals surface area contributed by atoms with Crippen LogP contribution in [-0.4, -0.2) is 45.1 Å². The molecule has 0 aliphatic carbocycles. The summed E-state index contributed by atoms with van der Waals surface area (Å²) in [7, 11) is -7.58. The number of hydrogen-bond acceptors (Lipinski definition) is 5. The maximum Gasteiger partial charge on any atom is 0.243 e. The maximum absolute atomic E-state index is 13.4. The Kier molecular flexibility index (Phi) is 6.99. The molecule has 2 heterocycles. The molecule has 7 nitrogen and oxygen atoms in total. The summed E-state index contributed by atoms with van der Waals surface area (Å²) in [5.41, 5.74) is 0.795. The van der Waals surface area contributed by atoms with Gasteiger partial charge < -0.3 is 4.42 Å². The van der Waals surface area contributed by atoms with Crippen molar-refractivity contribution in [2.45, 2.75) is 35.6 Å². The molecule has 2 aromatic carbocycles. The quantitative estimate of drug-likeness (QED) is 0.455. The molecule has 1 fully saturated rings. The number of halogens is 1. The third-order valence-electron chi connectivity index (χ3n) is 5.64. The van der Waals surface area contributed by atoms with Crippen molar-refractivity contribution in [1.29, 1.82) is 0 Å². The lowest BCUT2D eigenvalue weighted by atomic mass is 10.1. The van der Waals surface area contributed by atoms with Gasteiger partial charge >= 0.3 is 0 Å². The van der Waals surface area contributed by atoms with Crippen LogP contribution in [0.15, 0.2) is 81.1 Å². The first-order valence-corrected chi connectivity index (χ1v) is 13.5. The van der Waals surface area contributed by atoms with Gasteiger partial charge in [0.15, 0.2) is 0 Å². The van der Waals surface area contributed by atoms with Gasteiger partial charge in [0.05, 0.1) is 22.6 Å². The molecule has 1 saturated heterocycles. The highest BCUT2D eigenvalue weighted by Gasteiger charge is 2.29. The van der Waals surface area contributed by atoms with Crippen LogP contribution >= 0.6 is 0 Å². The minimum absolute atomic E-state index is 0.00599. The average molecular weight is 493 g/mol. The Bertz CT molecular complexity index is 1270. The molecule has 0 radical (unpaired) electrons. The molecule has 0 saturated carbocycles. The third kappa shape index (κ3) is 5.35. The van der Waals surface area contributed by atoms with E-state index in [0.29, 0.717) is 25.3 Å². The molecule has 0 atom stereocenters. The molecule has 10 heteroatoms. The van der Waals surface area contributed by atoms with Gasteiger partial charge in [0.25, 0.3) is 0 Å². The molecular formula is C23H25FN2O5S2. The SMILES string of the molecule is O=S(=O)(c1ccc(S(=O)(=O)N(CCc2ccc(F)cc2)Cc2ccco2)cc1)N1CCCC1. The fourth-order valence-corrected chi connectivity index (χ4v) is 6.70. The van der Waals surface area contributed by atoms with Crippen LogP contribution in [0.1, 0.15) is 24.2 Å². The van der Waals surface area contributed by atoms with Crippen LogP contribution in [0.3, 0.4) is 0 Å². The minimum Gasteiger partial charge on any atom is -0.468 e. The average Bonchev–Trinajstić information content (AvgIpc) is 3.52. The predicted octanol–water partition coefficient (Wildman–Crippen LogP) is 3.64. The molecule has 1 aliphatic rings. The molecule has 4 rings (SSSR count). The first-order valence-electron chi connectivity index (χ1n) is 10.6. The van der Waals surface area contributed by atoms with Gasteiger partial charge in [-0.15, -0.1) is 0 Å². The van der Waals surface area contributed by atoms with Crippen molar-refractivity contribution in [3.63, 3.8) is 0 Å². The van der Waals surface area contributed by atoms with Crippen LogP contribution in [-0.2, 0) is 33.0 Å². The largest absolute Gasteiger partial charge is 0.468 e. The topological polar surface area (TPSA) is 87.9 Å². The summed E-state index contributed by atoms with van der Waals surface area (Å²) < 4.78 is 73.6. The third-order valence-corrected chi connectivity index (χ3v) is 9.41. The van der Waals surface area contributed by atoms with Crippen molar-refractivity contribution >= 4 is 20.0 Å². The van der Waals surface area contributed by atoms with E-state index in [2.05, 4.69) is 0 Å². The van der Waals surface area contributed by atoms with Crippen molar-refractivity contribution < 1.29 is 25.6 Å². The molecule has 0 amide bonds. The van der Waals surface area contributed by atoms with E-state index in [1.54, 1.807) is 24.3 Å². The first kappa shape index (κ1) is 23.6. The highest BCUT2D eigenvalue weighted by molar-refractivity contribution is 7.89. The molecule has 1 aromatic heterocycles. The van der Waals surface area contributed by atoms with Crippen LogP contribution in [0.4, 0.5) is 4.39 Å². The zero-order chi connectivity index (χ0) is 23.5. The Labute approximate surface area is 193 Å². The van der Waals surface area contributed by atoms with E-state index in [4.69, 9.17) is 4.42 Å². The molecule has 0 N–H and O–H groups in total. The lowest BCUT2D eigenvalue weighted by molar-refractivity contribution is 0.365. The Balaban J connectivity index is 1.57. The van der Waals surface area contributed by atoms with Crippen LogP contribution in [0.2, 0.25) is 0 Å². The Morgan fingerprint density at radius 1 is 0.879 bits per heavy atom. The van der Waals surface area contributed by atoms with E-state index in [9.17, 15) is 21.2 Å². The van der Waals surface area contributed by atoms with E-state index in [1.807, 2.05) is 0 Å². The van der Waals surface area contributed by atoms with E-state index in [-0.39, 0.29) is 28.7 Å². The Hall–Kier alpha value is -2.53. The van der Waals surface area contributed by atoms with Crippen molar-refractivity contribution in [3.05, 3.63) is 84.1 Å². The monoisotopic (exact) mass is 492 g/mol. The molecule has 3 aromatic rings. The maximum atomic E-state index is 13.4. The molecule has 1 aliphatic heterocycles. The zero-order valence-electron chi connectivity index (χ0n) is 17.9. The highest BCUT2D eigenvalue weighted by atomic mass is 32.2. The van der Waals surface area contributed by atoms with Gasteiger partial charge in [0, 0.05) is 19.6 Å². The molecule has 0 bridgehead atoms. The van der Waals surface area contributed by atoms with Gasteiger partial charge in [-0.25, -0.2) is 21.2 Å². The summed E-state index contributed by atoms with van der Waals surface area (Å²) in [6, 6.07) is 14.6. The van der Waals surface area contributed by atoms with Gasteiger partial charge in [-0.05, 0) is 73.4 Å². The number of rotatable bonds is 9. The summed E-state index contributed by atoms with van der Waals surface area (Å²) in [4.78, 5) is 0.0702. The highest BCUT2D eigenvalue weighted by Crippen LogP contribution is 2.24. The molecule has 0 spiro atoms. The lowest BCUT2D eigenvalue weighted by Crippen LogP contribution is -2.32. The summed E-state index contributed by atoms with van der Waals surface area (Å²) >= 11 is 0. The van der Waals surface area contributed by atoms with Gasteiger partial charge in [0.2, 0.25) is 20.0 Å². The van der Waals surface area contributed by atoms with Crippen LogP contribution < -0.4 is 0 Å². The zero-order valence-corrected chi connectivity index (χ0v) is 19.6. The number of nitrogens with zero attached hydrogens (tertiary/aromatic N) is 2. The molecular weight excluding hydrogens is 467 g/mol. The van der Waals surface area contributed by atoms with Crippen molar-refractivity contribution in [2.24, 2.45) is 0 Å². The van der Waals surface area contributed by atoms with Crippen LogP contribution in [0, 0.1) is 5.82 Å². The summed E-state index contributed by atoms with van der Waals surface area (Å²) in [5.74, 6) is 0.119. The number of benzene rings is 2. The Morgan fingerprint density at radius 2 is 1.52 bits per heavy atom. The number of sulfonamides is 2. The van der Waals surface area contributed by atoms with Gasteiger partial charge in [0.1, 0.15) is 11.6 Å². The number of furan rings is 1. The first-order chi connectivity index (χ1) is 15.8.